The second-order valence-corrected chi connectivity index (χ2v) is 27.2. The molecule has 440 valence electrons. The highest BCUT2D eigenvalue weighted by Gasteiger charge is 2.62. The van der Waals surface area contributed by atoms with E-state index in [2.05, 4.69) is 23.2 Å². The van der Waals surface area contributed by atoms with Crippen LogP contribution in [0.5, 0.6) is 11.5 Å². The van der Waals surface area contributed by atoms with E-state index in [1.165, 1.54) is 25.7 Å². The first-order valence-corrected chi connectivity index (χ1v) is 31.6. The number of esters is 2. The van der Waals surface area contributed by atoms with Gasteiger partial charge in [0.25, 0.3) is 0 Å². The first kappa shape index (κ1) is 57.4. The van der Waals surface area contributed by atoms with Gasteiger partial charge in [0.2, 0.25) is 0 Å². The molecule has 3 aromatic rings. The molecule has 13 heteroatoms. The van der Waals surface area contributed by atoms with E-state index in [-0.39, 0.29) is 105 Å². The van der Waals surface area contributed by atoms with Crippen LogP contribution >= 0.6 is 0 Å². The molecule has 12 unspecified atom stereocenters. The number of ether oxygens (including phenoxy) is 3. The Labute approximate surface area is 484 Å². The molecule has 3 aliphatic heterocycles. The molecule has 0 radical (unpaired) electrons. The van der Waals surface area contributed by atoms with E-state index in [1.807, 2.05) is 36.4 Å². The number of benzene rings is 3. The van der Waals surface area contributed by atoms with Crippen molar-refractivity contribution in [3.8, 4) is 23.3 Å². The number of hydrogen-bond donors (Lipinski definition) is 7. The van der Waals surface area contributed by atoms with Crippen LogP contribution in [0.2, 0.25) is 0 Å². The van der Waals surface area contributed by atoms with Crippen LogP contribution in [-0.4, -0.2) is 97.1 Å². The van der Waals surface area contributed by atoms with E-state index in [9.17, 15) is 40.2 Å². The molecule has 3 heterocycles. The van der Waals surface area contributed by atoms with Crippen molar-refractivity contribution in [2.45, 2.75) is 227 Å². The van der Waals surface area contributed by atoms with E-state index in [4.69, 9.17) is 14.2 Å². The van der Waals surface area contributed by atoms with Crippen molar-refractivity contribution < 1.29 is 59.2 Å². The van der Waals surface area contributed by atoms with Gasteiger partial charge in [-0.3, -0.25) is 9.59 Å². The van der Waals surface area contributed by atoms with Crippen LogP contribution in [0.1, 0.15) is 205 Å². The summed E-state index contributed by atoms with van der Waals surface area (Å²) in [5.74, 6) is 3.52. The number of carbonyl (C=O) groups is 3. The lowest BCUT2D eigenvalue weighted by Crippen LogP contribution is -2.65. The van der Waals surface area contributed by atoms with Gasteiger partial charge in [0, 0.05) is 60.0 Å². The largest absolute Gasteiger partial charge is 0.507 e. The summed E-state index contributed by atoms with van der Waals surface area (Å²) >= 11 is 0. The van der Waals surface area contributed by atoms with Gasteiger partial charge in [0.05, 0.1) is 37.8 Å². The first-order valence-electron chi connectivity index (χ1n) is 31.6. The van der Waals surface area contributed by atoms with Crippen molar-refractivity contribution in [2.75, 3.05) is 18.5 Å². The van der Waals surface area contributed by atoms with Gasteiger partial charge in [-0.15, -0.1) is 0 Å². The smallest absolute Gasteiger partial charge is 0.334 e. The zero-order valence-electron chi connectivity index (χ0n) is 48.1. The number of phenolic OH excluding ortho intramolecular Hbond substituents is 1. The Kier molecular flexibility index (Phi) is 16.6. The number of phenols is 1. The third-order valence-corrected chi connectivity index (χ3v) is 21.9. The number of rotatable bonds is 10. The number of Topliss-reactive ketones (excluding diaryl/α,β-unsaturated/α-hetero) is 1. The van der Waals surface area contributed by atoms with Crippen LogP contribution in [0.25, 0.3) is 0 Å². The van der Waals surface area contributed by atoms with Crippen LogP contribution in [0.3, 0.4) is 0 Å². The maximum atomic E-state index is 15.8. The van der Waals surface area contributed by atoms with Crippen molar-refractivity contribution in [3.63, 3.8) is 0 Å². The average molecular weight is 1120 g/mol. The van der Waals surface area contributed by atoms with Gasteiger partial charge in [-0.05, 0) is 177 Å². The summed E-state index contributed by atoms with van der Waals surface area (Å²) in [7, 11) is 0. The number of aliphatic hydroxyl groups excluding tert-OH is 3. The highest BCUT2D eigenvalue weighted by atomic mass is 16.6. The van der Waals surface area contributed by atoms with Gasteiger partial charge in [-0.25, -0.2) is 4.79 Å². The number of aromatic hydroxyl groups is 1. The minimum absolute atomic E-state index is 0.0174. The molecule has 7 N–H and O–H groups in total. The lowest BCUT2D eigenvalue weighted by molar-refractivity contribution is -0.228. The topological polar surface area (TPSA) is 212 Å². The van der Waals surface area contributed by atoms with Crippen molar-refractivity contribution >= 4 is 23.4 Å². The van der Waals surface area contributed by atoms with Gasteiger partial charge in [0.1, 0.15) is 40.7 Å². The molecule has 6 fully saturated rings. The van der Waals surface area contributed by atoms with E-state index in [0.29, 0.717) is 57.5 Å². The third kappa shape index (κ3) is 11.6. The summed E-state index contributed by atoms with van der Waals surface area (Å²) in [6.45, 7) is 1.14. The normalized spacial score (nSPS) is 32.3. The minimum Gasteiger partial charge on any atom is -0.507 e. The van der Waals surface area contributed by atoms with Crippen LogP contribution in [0, 0.1) is 46.8 Å². The second kappa shape index (κ2) is 23.8. The van der Waals surface area contributed by atoms with Gasteiger partial charge < -0.3 is 50.2 Å². The first-order chi connectivity index (χ1) is 39.6. The predicted octanol–water partition coefficient (Wildman–Crippen LogP) is 10.3. The van der Waals surface area contributed by atoms with Crippen molar-refractivity contribution in [2.24, 2.45) is 35.0 Å². The highest BCUT2D eigenvalue weighted by molar-refractivity contribution is 5.89. The number of carbonyl (C=O) groups excluding carboxylic acids is 3. The van der Waals surface area contributed by atoms with E-state index in [1.54, 1.807) is 19.1 Å². The number of anilines is 1. The number of ketones is 1. The van der Waals surface area contributed by atoms with Gasteiger partial charge in [-0.2, -0.15) is 0 Å². The zero-order valence-corrected chi connectivity index (χ0v) is 48.1. The fraction of sp³-hybridized carbons (Fsp3) is 0.638. The van der Waals surface area contributed by atoms with Gasteiger partial charge >= 0.3 is 11.9 Å². The molecule has 6 aliphatic carbocycles. The Morgan fingerprint density at radius 3 is 2.34 bits per heavy atom. The lowest BCUT2D eigenvalue weighted by atomic mass is 9.48. The van der Waals surface area contributed by atoms with E-state index >= 15 is 4.79 Å². The zero-order chi connectivity index (χ0) is 56.9. The SMILES string of the molecule is CC(O)(CNc1cc(CO)cc(C2C#CC3CC(=O)Oc4c3cc(c(O)c4C3CCCCC3)CC3OC(=O)C(=CC(O)Cc4cccc(c4)CC4C(=O)CCC5C4CC4CCCCC4C35O)C2)c1)C(O)COC1CCC2(CCCC2)CC1. The minimum atomic E-state index is -1.62. The highest BCUT2D eigenvalue weighted by Crippen LogP contribution is 2.60. The molecule has 12 rings (SSSR count). The molecule has 10 bridgehead atoms. The van der Waals surface area contributed by atoms with Gasteiger partial charge in [0.15, 0.2) is 0 Å². The number of nitrogens with one attached hydrogen (secondary N) is 1. The van der Waals surface area contributed by atoms with Crippen molar-refractivity contribution in [3.05, 3.63) is 99.1 Å². The Morgan fingerprint density at radius 1 is 0.817 bits per heavy atom. The number of aliphatic hydroxyl groups is 5. The molecule has 12 atom stereocenters. The van der Waals surface area contributed by atoms with E-state index < -0.39 is 59.2 Å². The Morgan fingerprint density at radius 2 is 1.56 bits per heavy atom. The average Bonchev–Trinajstić information content (AvgIpc) is 2.74. The maximum absolute atomic E-state index is 15.8. The standard InChI is InChI=1S/C69H87NO12/c1-67(78,60(74)39-80-53-20-24-68(25-21-53)22-7-8-23-68)40-70-51-28-43(38-71)27-48(32-51)45-16-17-46-37-62(75)82-65-54(46)35-49(64(76)63(65)44-12-3-2-4-13-44)36-61-69(79)57-15-6-5-14-47(57)34-55-56(59(73)19-18-58(55)69)30-42-11-9-10-41(26-42)29-52(72)33-50(31-45)66(77)81-61/h9-11,26-28,32-33,35,44-47,52-53,55-58,60-61,70-72,74,76,78-79H,2-8,12-15,18-25,29-31,34,36-40H2,1H3. The second-order valence-electron chi connectivity index (χ2n) is 27.2. The summed E-state index contributed by atoms with van der Waals surface area (Å²) in [5.41, 5.74) is 2.51. The molecule has 0 saturated heterocycles. The number of fused-ring (bicyclic) bond motifs is 9. The van der Waals surface area contributed by atoms with Crippen LogP contribution < -0.4 is 10.1 Å². The van der Waals surface area contributed by atoms with Crippen molar-refractivity contribution in [1.29, 1.82) is 0 Å². The molecule has 13 nitrogen and oxygen atoms in total. The van der Waals surface area contributed by atoms with Crippen molar-refractivity contribution in [1.82, 2.24) is 0 Å². The summed E-state index contributed by atoms with van der Waals surface area (Å²) in [6.07, 6.45) is 17.3. The summed E-state index contributed by atoms with van der Waals surface area (Å²) in [6, 6.07) is 15.3. The molecule has 1 spiro atoms. The third-order valence-electron chi connectivity index (χ3n) is 21.9. The lowest BCUT2D eigenvalue weighted by Gasteiger charge is -2.59. The monoisotopic (exact) mass is 1120 g/mol. The Balaban J connectivity index is 0.954. The molecule has 0 aromatic heterocycles. The predicted molar refractivity (Wildman–Crippen MR) is 310 cm³/mol. The van der Waals surface area contributed by atoms with Crippen LogP contribution in [0.4, 0.5) is 5.69 Å². The fourth-order valence-corrected chi connectivity index (χ4v) is 17.4. The van der Waals surface area contributed by atoms with E-state index in [0.717, 1.165) is 101 Å². The fourth-order valence-electron chi connectivity index (χ4n) is 17.4. The molecule has 9 aliphatic rings. The summed E-state index contributed by atoms with van der Waals surface area (Å²) < 4.78 is 19.5. The summed E-state index contributed by atoms with van der Waals surface area (Å²) in [5, 5.41) is 76.7. The van der Waals surface area contributed by atoms with Crippen LogP contribution in [0.15, 0.2) is 60.2 Å². The summed E-state index contributed by atoms with van der Waals surface area (Å²) in [4.78, 5) is 44.1. The molecular formula is C69H87NO12. The van der Waals surface area contributed by atoms with Gasteiger partial charge in [-0.1, -0.05) is 93.5 Å². The van der Waals surface area contributed by atoms with Crippen LogP contribution in [-0.2, 0) is 49.7 Å². The molecule has 0 amide bonds. The molecule has 82 heavy (non-hydrogen) atoms. The maximum Gasteiger partial charge on any atom is 0.334 e. The Hall–Kier alpha value is -5.07. The quantitative estimate of drug-likeness (QED) is 0.0573. The molecule has 3 aromatic carbocycles. The Bertz CT molecular complexity index is 2970. The number of hydrogen-bond acceptors (Lipinski definition) is 13. The molecular weight excluding hydrogens is 1030 g/mol. The molecule has 6 saturated carbocycles.